The van der Waals surface area contributed by atoms with Gasteiger partial charge in [0.2, 0.25) is 11.8 Å². The molecule has 4 aliphatic heterocycles. The molecule has 6 heterocycles. The number of piperidine rings is 1. The van der Waals surface area contributed by atoms with Crippen molar-refractivity contribution in [3.8, 4) is 22.6 Å². The maximum Gasteiger partial charge on any atom is 0.355 e. The summed E-state index contributed by atoms with van der Waals surface area (Å²) >= 11 is 0. The monoisotopic (exact) mass is 1020 g/mol. The van der Waals surface area contributed by atoms with Gasteiger partial charge in [-0.25, -0.2) is 13.6 Å². The zero-order chi connectivity index (χ0) is 52.4. The summed E-state index contributed by atoms with van der Waals surface area (Å²) in [6.45, 7) is 15.3. The van der Waals surface area contributed by atoms with Crippen LogP contribution in [0.5, 0.6) is 11.5 Å². The number of benzene rings is 4. The molecule has 2 saturated heterocycles. The van der Waals surface area contributed by atoms with E-state index in [4.69, 9.17) is 24.0 Å². The first-order chi connectivity index (χ1) is 35.6. The molecule has 2 aromatic heterocycles. The molecule has 6 aromatic rings. The number of ether oxygens (including phenoxy) is 4. The number of amides is 4. The van der Waals surface area contributed by atoms with Gasteiger partial charge in [-0.05, 0) is 106 Å². The molecule has 1 atom stereocenters. The second-order valence-corrected chi connectivity index (χ2v) is 19.7. The van der Waals surface area contributed by atoms with Crippen molar-refractivity contribution in [1.29, 1.82) is 0 Å². The largest absolute Gasteiger partial charge is 0.493 e. The number of aryl methyl sites for hydroxylation is 2. The van der Waals surface area contributed by atoms with Crippen LogP contribution in [0, 0.1) is 18.6 Å². The van der Waals surface area contributed by atoms with Crippen LogP contribution in [0.25, 0.3) is 32.8 Å². The van der Waals surface area contributed by atoms with Gasteiger partial charge in [-0.15, -0.1) is 0 Å². The summed E-state index contributed by atoms with van der Waals surface area (Å²) in [5.74, 6) is -1.77. The standard InChI is InChI=1S/C54H57F2N7O9.C2H6/c1-32-47(42-30-69-27-25-63(42)58-32)48-40(56)16-15-37-36(10-7-26-70-43-11-5-8-33-28-34(55)13-14-35(33)43)50(53(68)72-54(2,3)4)61(49(37)48)24-21-59-19-22-60(23-20-59)46(65)31-71-44-12-6-9-38-39(44)29-62(52(38)67)41-17-18-45(64)57-51(41)66;1-2/h5-6,8-9,11-16,28,41H,7,10,17-27,29-31H2,1-4H3,(H,57,64,66);1-2H3. The van der Waals surface area contributed by atoms with E-state index in [1.165, 1.54) is 23.1 Å². The lowest BCUT2D eigenvalue weighted by atomic mass is 9.97. The highest BCUT2D eigenvalue weighted by Crippen LogP contribution is 2.41. The summed E-state index contributed by atoms with van der Waals surface area (Å²) in [6, 6.07) is 17.5. The van der Waals surface area contributed by atoms with Crippen molar-refractivity contribution in [3.05, 3.63) is 112 Å². The maximum atomic E-state index is 16.8. The molecule has 4 amide bonds. The molecule has 0 aliphatic carbocycles. The highest BCUT2D eigenvalue weighted by Gasteiger charge is 2.40. The van der Waals surface area contributed by atoms with Gasteiger partial charge < -0.3 is 33.3 Å². The van der Waals surface area contributed by atoms with Crippen molar-refractivity contribution >= 4 is 51.3 Å². The van der Waals surface area contributed by atoms with E-state index in [1.54, 1.807) is 35.2 Å². The van der Waals surface area contributed by atoms with Crippen molar-refractivity contribution in [2.45, 2.75) is 105 Å². The number of nitrogens with zero attached hydrogens (tertiary/aromatic N) is 6. The fraction of sp³-hybridized carbons (Fsp3) is 0.429. The van der Waals surface area contributed by atoms with Crippen molar-refractivity contribution in [2.24, 2.45) is 0 Å². The molecule has 4 aromatic carbocycles. The van der Waals surface area contributed by atoms with Crippen LogP contribution in [0.15, 0.2) is 66.7 Å². The Morgan fingerprint density at radius 1 is 0.878 bits per heavy atom. The molecule has 10 rings (SSSR count). The number of fused-ring (bicyclic) bond motifs is 4. The van der Waals surface area contributed by atoms with Gasteiger partial charge in [0.25, 0.3) is 11.8 Å². The first kappa shape index (κ1) is 51.7. The lowest BCUT2D eigenvalue weighted by Crippen LogP contribution is -2.52. The number of imide groups is 1. The minimum absolute atomic E-state index is 0.120. The molecule has 390 valence electrons. The lowest BCUT2D eigenvalue weighted by molar-refractivity contribution is -0.137. The molecule has 2 fully saturated rings. The molecule has 0 bridgehead atoms. The van der Waals surface area contributed by atoms with Gasteiger partial charge in [0.05, 0.1) is 49.8 Å². The molecule has 1 N–H and O–H groups in total. The van der Waals surface area contributed by atoms with Crippen LogP contribution in [0.3, 0.4) is 0 Å². The van der Waals surface area contributed by atoms with E-state index < -0.39 is 29.3 Å². The zero-order valence-corrected chi connectivity index (χ0v) is 42.9. The van der Waals surface area contributed by atoms with Gasteiger partial charge in [-0.2, -0.15) is 5.10 Å². The smallest absolute Gasteiger partial charge is 0.355 e. The first-order valence-electron chi connectivity index (χ1n) is 25.6. The van der Waals surface area contributed by atoms with E-state index in [0.717, 1.165) is 16.5 Å². The number of aromatic nitrogens is 3. The molecular formula is C56H63F2N7O9. The van der Waals surface area contributed by atoms with Crippen molar-refractivity contribution in [2.75, 3.05) is 52.5 Å². The summed E-state index contributed by atoms with van der Waals surface area (Å²) in [7, 11) is 0. The predicted molar refractivity (Wildman–Crippen MR) is 273 cm³/mol. The third-order valence-corrected chi connectivity index (χ3v) is 13.9. The van der Waals surface area contributed by atoms with Gasteiger partial charge in [0, 0.05) is 78.7 Å². The van der Waals surface area contributed by atoms with Gasteiger partial charge >= 0.3 is 5.97 Å². The molecule has 0 radical (unpaired) electrons. The predicted octanol–water partition coefficient (Wildman–Crippen LogP) is 7.75. The van der Waals surface area contributed by atoms with E-state index in [-0.39, 0.29) is 69.3 Å². The third kappa shape index (κ3) is 10.5. The number of halogens is 2. The summed E-state index contributed by atoms with van der Waals surface area (Å²) in [5.41, 5.74) is 4.06. The summed E-state index contributed by atoms with van der Waals surface area (Å²) in [4.78, 5) is 71.4. The quantitative estimate of drug-likeness (QED) is 0.0644. The zero-order valence-electron chi connectivity index (χ0n) is 42.9. The Hall–Kier alpha value is -7.18. The number of rotatable bonds is 14. The molecule has 16 nitrogen and oxygen atoms in total. The minimum Gasteiger partial charge on any atom is -0.493 e. The van der Waals surface area contributed by atoms with E-state index in [2.05, 4.69) is 10.2 Å². The molecular weight excluding hydrogens is 953 g/mol. The SMILES string of the molecule is CC.Cc1nn2c(c1-c1c(F)ccc3c(CCCOc4cccc5cc(F)ccc45)c(C(=O)OC(C)(C)C)n(CCN4CCN(C(=O)COc5cccc6c5CN(C5CCC(=O)NC5=O)C6=O)CC4)c13)COCC2. The Kier molecular flexibility index (Phi) is 15.2. The molecule has 0 spiro atoms. The summed E-state index contributed by atoms with van der Waals surface area (Å²) in [6.07, 6.45) is 1.25. The molecule has 74 heavy (non-hydrogen) atoms. The second-order valence-electron chi connectivity index (χ2n) is 19.7. The minimum atomic E-state index is -0.847. The third-order valence-electron chi connectivity index (χ3n) is 13.9. The number of carbonyl (C=O) groups is 5. The van der Waals surface area contributed by atoms with Crippen LogP contribution in [-0.2, 0) is 56.5 Å². The van der Waals surface area contributed by atoms with E-state index in [9.17, 15) is 28.4 Å². The molecule has 1 unspecified atom stereocenters. The van der Waals surface area contributed by atoms with Crippen molar-refractivity contribution in [3.63, 3.8) is 0 Å². The maximum absolute atomic E-state index is 16.8. The second kappa shape index (κ2) is 21.7. The molecule has 18 heteroatoms. The van der Waals surface area contributed by atoms with Gasteiger partial charge in [-0.3, -0.25) is 34.1 Å². The Morgan fingerprint density at radius 3 is 2.41 bits per heavy atom. The molecule has 0 saturated carbocycles. The first-order valence-corrected chi connectivity index (χ1v) is 25.6. The fourth-order valence-corrected chi connectivity index (χ4v) is 10.5. The number of hydrogen-bond acceptors (Lipinski definition) is 11. The van der Waals surface area contributed by atoms with Gasteiger partial charge in [-0.1, -0.05) is 32.0 Å². The Bertz CT molecular complexity index is 3150. The fourth-order valence-electron chi connectivity index (χ4n) is 10.5. The van der Waals surface area contributed by atoms with Gasteiger partial charge in [0.15, 0.2) is 6.61 Å². The van der Waals surface area contributed by atoms with Crippen LogP contribution in [-0.4, -0.2) is 123 Å². The van der Waals surface area contributed by atoms with Crippen LogP contribution in [0.2, 0.25) is 0 Å². The number of esters is 1. The average molecular weight is 1020 g/mol. The lowest BCUT2D eigenvalue weighted by Gasteiger charge is -2.35. The molecule has 4 aliphatic rings. The number of carbonyl (C=O) groups excluding carboxylic acids is 5. The average Bonchev–Trinajstić information content (AvgIpc) is 4.01. The van der Waals surface area contributed by atoms with Crippen LogP contribution < -0.4 is 14.8 Å². The Morgan fingerprint density at radius 2 is 1.64 bits per heavy atom. The van der Waals surface area contributed by atoms with Crippen LogP contribution in [0.4, 0.5) is 8.78 Å². The Labute approximate surface area is 428 Å². The van der Waals surface area contributed by atoms with E-state index in [1.807, 2.05) is 69.0 Å². The summed E-state index contributed by atoms with van der Waals surface area (Å²) < 4.78 is 59.0. The van der Waals surface area contributed by atoms with E-state index in [0.29, 0.717) is 120 Å². The normalized spacial score (nSPS) is 17.0. The highest BCUT2D eigenvalue weighted by atomic mass is 19.1. The van der Waals surface area contributed by atoms with Crippen molar-refractivity contribution < 1.29 is 51.7 Å². The van der Waals surface area contributed by atoms with Crippen LogP contribution in [0.1, 0.15) is 97.2 Å². The highest BCUT2D eigenvalue weighted by molar-refractivity contribution is 6.06. The Balaban J connectivity index is 0.00000332. The van der Waals surface area contributed by atoms with Crippen LogP contribution >= 0.6 is 0 Å². The summed E-state index contributed by atoms with van der Waals surface area (Å²) in [5, 5.41) is 9.31. The number of hydrogen-bond donors (Lipinski definition) is 1. The number of nitrogens with one attached hydrogen (secondary N) is 1. The number of piperazine rings is 1. The van der Waals surface area contributed by atoms with E-state index >= 15 is 4.39 Å². The topological polar surface area (TPSA) is 167 Å². The van der Waals surface area contributed by atoms with Crippen molar-refractivity contribution in [1.82, 2.24) is 34.4 Å². The van der Waals surface area contributed by atoms with Gasteiger partial charge in [0.1, 0.15) is 40.5 Å².